The average molecular weight is 259 g/mol. The first kappa shape index (κ1) is 14.8. The second-order valence-electron chi connectivity index (χ2n) is 5.56. The lowest BCUT2D eigenvalue weighted by Crippen LogP contribution is -2.59. The third kappa shape index (κ3) is 3.88. The molecule has 1 unspecified atom stereocenters. The van der Waals surface area contributed by atoms with E-state index in [4.69, 9.17) is 4.74 Å². The second-order valence-corrected chi connectivity index (χ2v) is 6.55. The van der Waals surface area contributed by atoms with Crippen molar-refractivity contribution < 1.29 is 9.53 Å². The highest BCUT2D eigenvalue weighted by Crippen LogP contribution is 2.39. The van der Waals surface area contributed by atoms with Gasteiger partial charge in [-0.2, -0.15) is 11.8 Å². The van der Waals surface area contributed by atoms with Gasteiger partial charge >= 0.3 is 5.97 Å². The fourth-order valence-electron chi connectivity index (χ4n) is 2.37. The standard InChI is InChI=1S/C13H25NO2S/c1-5-7-14-13(11(15)16-6-2)8-12(3,4)9-17-10-13/h14H,5-10H2,1-4H3. The molecule has 1 heterocycles. The molecule has 1 aliphatic rings. The molecule has 0 spiro atoms. The maximum atomic E-state index is 12.2. The summed E-state index contributed by atoms with van der Waals surface area (Å²) in [7, 11) is 0. The molecule has 1 atom stereocenters. The van der Waals surface area contributed by atoms with Crippen LogP contribution in [0.15, 0.2) is 0 Å². The fraction of sp³-hybridized carbons (Fsp3) is 0.923. The molecule has 0 aromatic heterocycles. The second kappa shape index (κ2) is 6.10. The molecule has 0 bridgehead atoms. The number of hydrogen-bond acceptors (Lipinski definition) is 4. The minimum Gasteiger partial charge on any atom is -0.465 e. The molecule has 0 saturated carbocycles. The summed E-state index contributed by atoms with van der Waals surface area (Å²) in [6.07, 6.45) is 1.90. The molecule has 3 nitrogen and oxygen atoms in total. The van der Waals surface area contributed by atoms with Gasteiger partial charge in [0.1, 0.15) is 5.54 Å². The van der Waals surface area contributed by atoms with Crippen molar-refractivity contribution in [3.05, 3.63) is 0 Å². The zero-order chi connectivity index (χ0) is 12.9. The summed E-state index contributed by atoms with van der Waals surface area (Å²) in [5, 5.41) is 3.43. The topological polar surface area (TPSA) is 38.3 Å². The molecule has 1 fully saturated rings. The SMILES string of the molecule is CCCNC1(C(=O)OCC)CSCC(C)(C)C1. The van der Waals surface area contributed by atoms with Gasteiger partial charge in [0.2, 0.25) is 0 Å². The molecular weight excluding hydrogens is 234 g/mol. The van der Waals surface area contributed by atoms with Gasteiger partial charge in [-0.15, -0.1) is 0 Å². The van der Waals surface area contributed by atoms with Gasteiger partial charge in [-0.05, 0) is 37.5 Å². The Kier molecular flexibility index (Phi) is 5.32. The van der Waals surface area contributed by atoms with Crippen LogP contribution < -0.4 is 5.32 Å². The molecule has 1 saturated heterocycles. The number of carbonyl (C=O) groups excluding carboxylic acids is 1. The molecule has 17 heavy (non-hydrogen) atoms. The molecule has 0 aliphatic carbocycles. The van der Waals surface area contributed by atoms with E-state index in [1.807, 2.05) is 18.7 Å². The maximum Gasteiger partial charge on any atom is 0.327 e. The number of carbonyl (C=O) groups is 1. The summed E-state index contributed by atoms with van der Waals surface area (Å²) < 4.78 is 5.26. The van der Waals surface area contributed by atoms with Crippen LogP contribution >= 0.6 is 11.8 Å². The van der Waals surface area contributed by atoms with E-state index in [-0.39, 0.29) is 11.4 Å². The van der Waals surface area contributed by atoms with E-state index in [1.54, 1.807) is 0 Å². The summed E-state index contributed by atoms with van der Waals surface area (Å²) >= 11 is 1.85. The summed E-state index contributed by atoms with van der Waals surface area (Å²) in [5.74, 6) is 1.87. The number of ether oxygens (including phenoxy) is 1. The third-order valence-corrected chi connectivity index (χ3v) is 4.68. The van der Waals surface area contributed by atoms with Crippen LogP contribution in [0.4, 0.5) is 0 Å². The maximum absolute atomic E-state index is 12.2. The first-order valence-corrected chi connectivity index (χ1v) is 7.61. The normalized spacial score (nSPS) is 27.8. The van der Waals surface area contributed by atoms with E-state index >= 15 is 0 Å². The van der Waals surface area contributed by atoms with Gasteiger partial charge < -0.3 is 10.1 Å². The molecular formula is C13H25NO2S. The Morgan fingerprint density at radius 2 is 2.06 bits per heavy atom. The van der Waals surface area contributed by atoms with Gasteiger partial charge in [-0.25, -0.2) is 0 Å². The Morgan fingerprint density at radius 3 is 2.59 bits per heavy atom. The minimum absolute atomic E-state index is 0.0753. The third-order valence-electron chi connectivity index (χ3n) is 3.00. The summed E-state index contributed by atoms with van der Waals surface area (Å²) in [6, 6.07) is 0. The van der Waals surface area contributed by atoms with Crippen molar-refractivity contribution >= 4 is 17.7 Å². The summed E-state index contributed by atoms with van der Waals surface area (Å²) in [6.45, 7) is 9.76. The Balaban J connectivity index is 2.81. The largest absolute Gasteiger partial charge is 0.465 e. The Labute approximate surface area is 109 Å². The highest BCUT2D eigenvalue weighted by atomic mass is 32.2. The molecule has 1 rings (SSSR count). The van der Waals surface area contributed by atoms with Crippen molar-refractivity contribution in [2.45, 2.75) is 46.1 Å². The highest BCUT2D eigenvalue weighted by molar-refractivity contribution is 7.99. The van der Waals surface area contributed by atoms with E-state index < -0.39 is 5.54 Å². The van der Waals surface area contributed by atoms with Crippen LogP contribution in [0, 0.1) is 5.41 Å². The molecule has 1 N–H and O–H groups in total. The van der Waals surface area contributed by atoms with E-state index in [0.717, 1.165) is 30.9 Å². The lowest BCUT2D eigenvalue weighted by atomic mass is 9.79. The molecule has 0 aromatic carbocycles. The number of hydrogen-bond donors (Lipinski definition) is 1. The zero-order valence-corrected chi connectivity index (χ0v) is 12.3. The average Bonchev–Trinajstić information content (AvgIpc) is 2.25. The lowest BCUT2D eigenvalue weighted by molar-refractivity contribution is -0.151. The van der Waals surface area contributed by atoms with Crippen LogP contribution in [0.5, 0.6) is 0 Å². The van der Waals surface area contributed by atoms with Gasteiger partial charge in [-0.1, -0.05) is 20.8 Å². The zero-order valence-electron chi connectivity index (χ0n) is 11.5. The van der Waals surface area contributed by atoms with Gasteiger partial charge in [0.15, 0.2) is 0 Å². The predicted octanol–water partition coefficient (Wildman–Crippen LogP) is 2.45. The molecule has 4 heteroatoms. The monoisotopic (exact) mass is 259 g/mol. The van der Waals surface area contributed by atoms with Crippen molar-refractivity contribution in [2.24, 2.45) is 5.41 Å². The van der Waals surface area contributed by atoms with Crippen LogP contribution in [0.2, 0.25) is 0 Å². The first-order chi connectivity index (χ1) is 7.96. The quantitative estimate of drug-likeness (QED) is 0.770. The molecule has 1 aliphatic heterocycles. The van der Waals surface area contributed by atoms with Gasteiger partial charge in [0.25, 0.3) is 0 Å². The van der Waals surface area contributed by atoms with Crippen molar-refractivity contribution in [3.63, 3.8) is 0 Å². The Bertz CT molecular complexity index is 268. The Hall–Kier alpha value is -0.220. The minimum atomic E-state index is -0.474. The van der Waals surface area contributed by atoms with E-state index in [1.165, 1.54) is 0 Å². The van der Waals surface area contributed by atoms with Crippen molar-refractivity contribution in [2.75, 3.05) is 24.7 Å². The molecule has 0 aromatic rings. The van der Waals surface area contributed by atoms with E-state index in [9.17, 15) is 4.79 Å². The molecule has 0 amide bonds. The van der Waals surface area contributed by atoms with Gasteiger partial charge in [-0.3, -0.25) is 4.79 Å². The van der Waals surface area contributed by atoms with Gasteiger partial charge in [0, 0.05) is 5.75 Å². The van der Waals surface area contributed by atoms with E-state index in [0.29, 0.717) is 6.61 Å². The van der Waals surface area contributed by atoms with Crippen LogP contribution in [-0.2, 0) is 9.53 Å². The van der Waals surface area contributed by atoms with Crippen LogP contribution in [0.1, 0.15) is 40.5 Å². The van der Waals surface area contributed by atoms with Crippen LogP contribution in [0.3, 0.4) is 0 Å². The number of nitrogens with one attached hydrogen (secondary N) is 1. The van der Waals surface area contributed by atoms with Crippen LogP contribution in [0.25, 0.3) is 0 Å². The first-order valence-electron chi connectivity index (χ1n) is 6.46. The van der Waals surface area contributed by atoms with Crippen LogP contribution in [-0.4, -0.2) is 36.2 Å². The predicted molar refractivity (Wildman–Crippen MR) is 73.4 cm³/mol. The Morgan fingerprint density at radius 1 is 1.35 bits per heavy atom. The number of thioether (sulfide) groups is 1. The fourth-order valence-corrected chi connectivity index (χ4v) is 3.80. The van der Waals surface area contributed by atoms with Crippen molar-refractivity contribution in [1.82, 2.24) is 5.32 Å². The van der Waals surface area contributed by atoms with Gasteiger partial charge in [0.05, 0.1) is 6.61 Å². The highest BCUT2D eigenvalue weighted by Gasteiger charge is 2.46. The van der Waals surface area contributed by atoms with E-state index in [2.05, 4.69) is 26.1 Å². The smallest absolute Gasteiger partial charge is 0.327 e. The number of rotatable bonds is 5. The van der Waals surface area contributed by atoms with Crippen molar-refractivity contribution in [1.29, 1.82) is 0 Å². The molecule has 0 radical (unpaired) electrons. The lowest BCUT2D eigenvalue weighted by Gasteiger charge is -2.43. The molecule has 100 valence electrons. The summed E-state index contributed by atoms with van der Waals surface area (Å²) in [4.78, 5) is 12.2. The summed E-state index contributed by atoms with van der Waals surface area (Å²) in [5.41, 5.74) is -0.283. The number of esters is 1. The van der Waals surface area contributed by atoms with Crippen molar-refractivity contribution in [3.8, 4) is 0 Å².